The number of benzene rings is 4. The van der Waals surface area contributed by atoms with E-state index in [4.69, 9.17) is 4.74 Å². The average Bonchev–Trinajstić information content (AvgIpc) is 2.87. The van der Waals surface area contributed by atoms with E-state index in [0.29, 0.717) is 0 Å². The predicted octanol–water partition coefficient (Wildman–Crippen LogP) is 6.71. The smallest absolute Gasteiger partial charge is 0.137 e. The summed E-state index contributed by atoms with van der Waals surface area (Å²) in [5.41, 5.74) is 6.14. The number of fused-ring (bicyclic) bond motifs is 2. The van der Waals surface area contributed by atoms with E-state index in [0.717, 1.165) is 68.8 Å². The molecule has 1 aliphatic rings. The van der Waals surface area contributed by atoms with Crippen LogP contribution in [0.2, 0.25) is 0 Å². The molecule has 4 heteroatoms. The summed E-state index contributed by atoms with van der Waals surface area (Å²) in [7, 11) is 0. The summed E-state index contributed by atoms with van der Waals surface area (Å²) in [6.07, 6.45) is 0. The van der Waals surface area contributed by atoms with Gasteiger partial charge >= 0.3 is 0 Å². The number of hydrogen-bond acceptors (Lipinski definition) is 4. The molecule has 0 radical (unpaired) electrons. The highest BCUT2D eigenvalue weighted by Gasteiger charge is 2.21. The molecule has 168 valence electrons. The van der Waals surface area contributed by atoms with Gasteiger partial charge in [-0.2, -0.15) is 10.2 Å². The first-order valence-corrected chi connectivity index (χ1v) is 11.6. The maximum Gasteiger partial charge on any atom is 0.137 e. The quantitative estimate of drug-likeness (QED) is 0.272. The van der Waals surface area contributed by atoms with Crippen molar-refractivity contribution in [1.82, 2.24) is 0 Å². The Morgan fingerprint density at radius 3 is 2.15 bits per heavy atom. The second kappa shape index (κ2) is 9.36. The van der Waals surface area contributed by atoms with Gasteiger partial charge in [-0.3, -0.25) is 0 Å². The molecule has 4 nitrogen and oxygen atoms in total. The zero-order valence-corrected chi connectivity index (χ0v) is 19.5. The minimum Gasteiger partial charge on any atom is -0.456 e. The molecule has 1 aliphatic heterocycles. The van der Waals surface area contributed by atoms with E-state index < -0.39 is 0 Å². The second-order valence-corrected chi connectivity index (χ2v) is 8.24. The first-order valence-electron chi connectivity index (χ1n) is 11.6. The molecule has 0 saturated carbocycles. The molecule has 0 bridgehead atoms. The number of rotatable bonds is 6. The summed E-state index contributed by atoms with van der Waals surface area (Å²) in [5.74, 6) is 1.70. The number of nitrogens with zero attached hydrogens (tertiary/aromatic N) is 3. The van der Waals surface area contributed by atoms with Gasteiger partial charge in [0.2, 0.25) is 0 Å². The number of ether oxygens (including phenoxy) is 1. The van der Waals surface area contributed by atoms with Gasteiger partial charge in [0.1, 0.15) is 11.5 Å². The van der Waals surface area contributed by atoms with Crippen molar-refractivity contribution in [2.75, 3.05) is 18.0 Å². The Labute approximate surface area is 200 Å². The fraction of sp³-hybridized carbons (Fsp3) is 0.133. The molecule has 0 unspecified atom stereocenters. The van der Waals surface area contributed by atoms with Crippen LogP contribution < -0.4 is 20.1 Å². The van der Waals surface area contributed by atoms with Crippen LogP contribution >= 0.6 is 0 Å². The van der Waals surface area contributed by atoms with Crippen molar-refractivity contribution in [1.29, 1.82) is 0 Å². The minimum absolute atomic E-state index is 0.811. The lowest BCUT2D eigenvalue weighted by Gasteiger charge is -2.25. The second-order valence-electron chi connectivity index (χ2n) is 8.24. The van der Waals surface area contributed by atoms with Crippen LogP contribution in [0.15, 0.2) is 101 Å². The Kier molecular flexibility index (Phi) is 5.96. The van der Waals surface area contributed by atoms with Crippen LogP contribution in [-0.2, 0) is 0 Å². The van der Waals surface area contributed by atoms with Crippen molar-refractivity contribution in [2.45, 2.75) is 13.8 Å². The molecular weight excluding hydrogens is 418 g/mol. The zero-order chi connectivity index (χ0) is 23.5. The summed E-state index contributed by atoms with van der Waals surface area (Å²) in [6.45, 7) is 10.3. The van der Waals surface area contributed by atoms with E-state index in [-0.39, 0.29) is 0 Å². The minimum atomic E-state index is 0.811. The van der Waals surface area contributed by atoms with E-state index in [9.17, 15) is 0 Å². The van der Waals surface area contributed by atoms with Crippen molar-refractivity contribution in [2.24, 2.45) is 10.2 Å². The first kappa shape index (κ1) is 21.7. The van der Waals surface area contributed by atoms with E-state index in [2.05, 4.69) is 72.0 Å². The largest absolute Gasteiger partial charge is 0.456 e. The SMILES string of the molecule is C=c1ccc2c(c1)Oc1cc(N(CC)CC)ccc1C=2c1ccc(/N=N/c2ccccc2)cc1. The summed E-state index contributed by atoms with van der Waals surface area (Å²) < 4.78 is 6.38. The molecule has 0 aliphatic carbocycles. The standard InChI is InChI=1S/C30H27N3O/c1-4-33(5-2)25-16-18-27-29(20-25)34-28-19-21(3)11-17-26(28)30(27)22-12-14-24(15-13-22)32-31-23-9-7-6-8-10-23/h6-20H,3-5H2,1-2H3/b32-31+. The number of azo groups is 1. The van der Waals surface area contributed by atoms with Crippen LogP contribution in [0.5, 0.6) is 11.5 Å². The third-order valence-corrected chi connectivity index (χ3v) is 6.09. The first-order chi connectivity index (χ1) is 16.7. The van der Waals surface area contributed by atoms with Gasteiger partial charge in [0, 0.05) is 41.2 Å². The van der Waals surface area contributed by atoms with Crippen LogP contribution in [0, 0.1) is 0 Å². The van der Waals surface area contributed by atoms with Gasteiger partial charge in [-0.25, -0.2) is 0 Å². The highest BCUT2D eigenvalue weighted by Crippen LogP contribution is 2.38. The summed E-state index contributed by atoms with van der Waals surface area (Å²) >= 11 is 0. The lowest BCUT2D eigenvalue weighted by atomic mass is 9.92. The number of hydrogen-bond donors (Lipinski definition) is 0. The fourth-order valence-corrected chi connectivity index (χ4v) is 4.32. The highest BCUT2D eigenvalue weighted by molar-refractivity contribution is 5.86. The molecule has 0 fully saturated rings. The molecule has 34 heavy (non-hydrogen) atoms. The third-order valence-electron chi connectivity index (χ3n) is 6.09. The third kappa shape index (κ3) is 4.23. The fourth-order valence-electron chi connectivity index (χ4n) is 4.32. The van der Waals surface area contributed by atoms with Gasteiger partial charge in [-0.1, -0.05) is 49.0 Å². The molecular formula is C30H27N3O. The Morgan fingerprint density at radius 2 is 1.44 bits per heavy atom. The maximum atomic E-state index is 6.38. The van der Waals surface area contributed by atoms with Crippen molar-refractivity contribution < 1.29 is 4.74 Å². The summed E-state index contributed by atoms with van der Waals surface area (Å²) in [4.78, 5) is 2.32. The van der Waals surface area contributed by atoms with Gasteiger partial charge in [0.15, 0.2) is 0 Å². The molecule has 4 aromatic rings. The van der Waals surface area contributed by atoms with E-state index in [1.165, 1.54) is 0 Å². The predicted molar refractivity (Wildman–Crippen MR) is 140 cm³/mol. The van der Waals surface area contributed by atoms with Gasteiger partial charge in [0.25, 0.3) is 0 Å². The summed E-state index contributed by atoms with van der Waals surface area (Å²) in [6, 6.07) is 30.6. The van der Waals surface area contributed by atoms with Crippen molar-refractivity contribution in [3.05, 3.63) is 113 Å². The van der Waals surface area contributed by atoms with Gasteiger partial charge in [-0.15, -0.1) is 0 Å². The normalized spacial score (nSPS) is 12.2. The van der Waals surface area contributed by atoms with Crippen molar-refractivity contribution in [3.63, 3.8) is 0 Å². The number of anilines is 1. The molecule has 0 aromatic heterocycles. The molecule has 1 heterocycles. The lowest BCUT2D eigenvalue weighted by molar-refractivity contribution is 0.472. The van der Waals surface area contributed by atoms with Crippen LogP contribution in [-0.4, -0.2) is 13.1 Å². The highest BCUT2D eigenvalue weighted by atomic mass is 16.5. The van der Waals surface area contributed by atoms with Crippen LogP contribution in [0.25, 0.3) is 12.2 Å². The Bertz CT molecular complexity index is 1450. The average molecular weight is 446 g/mol. The Balaban J connectivity index is 1.59. The maximum absolute atomic E-state index is 6.38. The topological polar surface area (TPSA) is 37.2 Å². The Hall–Kier alpha value is -4.18. The molecule has 0 N–H and O–H groups in total. The van der Waals surface area contributed by atoms with Crippen LogP contribution in [0.4, 0.5) is 17.1 Å². The summed E-state index contributed by atoms with van der Waals surface area (Å²) in [5, 5.41) is 10.7. The lowest BCUT2D eigenvalue weighted by Crippen LogP contribution is -2.23. The molecule has 4 aromatic carbocycles. The molecule has 0 saturated heterocycles. The molecule has 0 spiro atoms. The molecule has 0 atom stereocenters. The van der Waals surface area contributed by atoms with Gasteiger partial charge < -0.3 is 9.64 Å². The van der Waals surface area contributed by atoms with Gasteiger partial charge in [0.05, 0.1) is 11.4 Å². The van der Waals surface area contributed by atoms with E-state index in [1.54, 1.807) is 0 Å². The monoisotopic (exact) mass is 445 g/mol. The van der Waals surface area contributed by atoms with Crippen molar-refractivity contribution in [3.8, 4) is 11.5 Å². The zero-order valence-electron chi connectivity index (χ0n) is 19.5. The molecule has 0 amide bonds. The Morgan fingerprint density at radius 1 is 0.735 bits per heavy atom. The van der Waals surface area contributed by atoms with Crippen LogP contribution in [0.1, 0.15) is 25.0 Å². The van der Waals surface area contributed by atoms with E-state index >= 15 is 0 Å². The van der Waals surface area contributed by atoms with Gasteiger partial charge in [-0.05, 0) is 67.1 Å². The van der Waals surface area contributed by atoms with E-state index in [1.807, 2.05) is 54.6 Å². The molecule has 5 rings (SSSR count). The van der Waals surface area contributed by atoms with Crippen LogP contribution in [0.3, 0.4) is 0 Å². The van der Waals surface area contributed by atoms with Crippen molar-refractivity contribution >= 4 is 29.2 Å².